The number of hydrogen-bond donors (Lipinski definition) is 2. The fourth-order valence-corrected chi connectivity index (χ4v) is 1.62. The Balaban J connectivity index is 2.14. The molecule has 96 valence electrons. The van der Waals surface area contributed by atoms with Crippen molar-refractivity contribution in [3.05, 3.63) is 53.5 Å². The van der Waals surface area contributed by atoms with E-state index in [2.05, 4.69) is 17.2 Å². The van der Waals surface area contributed by atoms with Gasteiger partial charge in [-0.25, -0.2) is 0 Å². The molecule has 0 saturated heterocycles. The Morgan fingerprint density at radius 3 is 2.89 bits per heavy atom. The minimum Gasteiger partial charge on any atom is -0.472 e. The molecule has 0 radical (unpaired) electrons. The van der Waals surface area contributed by atoms with Gasteiger partial charge in [-0.05, 0) is 36.8 Å². The third-order valence-electron chi connectivity index (χ3n) is 2.59. The minimum absolute atomic E-state index is 0.200. The molecular weight excluding hydrogens is 240 g/mol. The Morgan fingerprint density at radius 1 is 1.42 bits per heavy atom. The second-order valence-electron chi connectivity index (χ2n) is 4.00. The minimum atomic E-state index is -0.200. The van der Waals surface area contributed by atoms with Crippen LogP contribution in [0.25, 0.3) is 0 Å². The molecule has 4 nitrogen and oxygen atoms in total. The summed E-state index contributed by atoms with van der Waals surface area (Å²) >= 11 is 0. The largest absolute Gasteiger partial charge is 0.472 e. The third-order valence-corrected chi connectivity index (χ3v) is 2.59. The molecule has 0 saturated carbocycles. The van der Waals surface area contributed by atoms with Crippen LogP contribution in [-0.4, -0.2) is 12.5 Å². The summed E-state index contributed by atoms with van der Waals surface area (Å²) in [5, 5.41) is 2.80. The van der Waals surface area contributed by atoms with Crippen molar-refractivity contribution in [2.45, 2.75) is 6.92 Å². The summed E-state index contributed by atoms with van der Waals surface area (Å²) in [6.45, 7) is 2.27. The molecule has 0 fully saturated rings. The van der Waals surface area contributed by atoms with E-state index in [1.54, 1.807) is 6.07 Å². The molecule has 19 heavy (non-hydrogen) atoms. The van der Waals surface area contributed by atoms with Crippen molar-refractivity contribution < 1.29 is 9.21 Å². The van der Waals surface area contributed by atoms with Crippen molar-refractivity contribution >= 4 is 11.6 Å². The van der Waals surface area contributed by atoms with Crippen LogP contribution in [0.2, 0.25) is 0 Å². The molecule has 4 heteroatoms. The number of furan rings is 1. The number of anilines is 1. The quantitative estimate of drug-likeness (QED) is 0.807. The van der Waals surface area contributed by atoms with Crippen LogP contribution in [-0.2, 0) is 0 Å². The zero-order chi connectivity index (χ0) is 13.7. The summed E-state index contributed by atoms with van der Waals surface area (Å²) in [6, 6.07) is 7.16. The van der Waals surface area contributed by atoms with Gasteiger partial charge in [-0.3, -0.25) is 4.79 Å². The lowest BCUT2D eigenvalue weighted by atomic mass is 10.1. The van der Waals surface area contributed by atoms with Gasteiger partial charge >= 0.3 is 0 Å². The molecule has 2 rings (SSSR count). The molecule has 0 aliphatic heterocycles. The zero-order valence-corrected chi connectivity index (χ0v) is 10.6. The summed E-state index contributed by atoms with van der Waals surface area (Å²) in [5.41, 5.74) is 8.45. The number of carbonyl (C=O) groups excluding carboxylic acids is 1. The molecule has 0 spiro atoms. The van der Waals surface area contributed by atoms with Crippen LogP contribution >= 0.6 is 0 Å². The smallest absolute Gasteiger partial charge is 0.258 e. The highest BCUT2D eigenvalue weighted by Crippen LogP contribution is 2.15. The Kier molecular flexibility index (Phi) is 4.01. The first-order chi connectivity index (χ1) is 9.20. The van der Waals surface area contributed by atoms with Crippen molar-refractivity contribution in [1.29, 1.82) is 0 Å². The molecule has 2 aromatic rings. The summed E-state index contributed by atoms with van der Waals surface area (Å²) in [6.07, 6.45) is 2.87. The Hall–Kier alpha value is -2.51. The molecular formula is C15H14N2O2. The van der Waals surface area contributed by atoms with Gasteiger partial charge in [0.2, 0.25) is 0 Å². The van der Waals surface area contributed by atoms with Gasteiger partial charge in [0.05, 0.1) is 18.4 Å². The molecule has 1 aromatic carbocycles. The average Bonchev–Trinajstić information content (AvgIpc) is 2.92. The average molecular weight is 254 g/mol. The van der Waals surface area contributed by atoms with E-state index in [0.29, 0.717) is 12.1 Å². The number of nitrogens with one attached hydrogen (secondary N) is 1. The molecule has 1 aromatic heterocycles. The number of amides is 1. The van der Waals surface area contributed by atoms with E-state index in [9.17, 15) is 4.79 Å². The van der Waals surface area contributed by atoms with Gasteiger partial charge < -0.3 is 15.5 Å². The lowest BCUT2D eigenvalue weighted by Crippen LogP contribution is -2.10. The molecule has 0 aliphatic rings. The predicted octanol–water partition coefficient (Wildman–Crippen LogP) is 2.15. The van der Waals surface area contributed by atoms with Gasteiger partial charge in [-0.2, -0.15) is 0 Å². The van der Waals surface area contributed by atoms with Crippen LogP contribution in [0, 0.1) is 18.8 Å². The first-order valence-electron chi connectivity index (χ1n) is 5.84. The predicted molar refractivity (Wildman–Crippen MR) is 73.8 cm³/mol. The molecule has 0 bridgehead atoms. The first-order valence-corrected chi connectivity index (χ1v) is 5.84. The SMILES string of the molecule is Cc1cc(NC(=O)c2ccoc2)ccc1C#CCN. The van der Waals surface area contributed by atoms with Gasteiger partial charge in [0.25, 0.3) is 5.91 Å². The van der Waals surface area contributed by atoms with Crippen molar-refractivity contribution in [3.8, 4) is 11.8 Å². The van der Waals surface area contributed by atoms with Gasteiger partial charge in [0, 0.05) is 11.3 Å². The number of benzene rings is 1. The molecule has 1 amide bonds. The third kappa shape index (κ3) is 3.24. The highest BCUT2D eigenvalue weighted by molar-refractivity contribution is 6.04. The Bertz CT molecular complexity index is 634. The van der Waals surface area contributed by atoms with Gasteiger partial charge in [0.15, 0.2) is 0 Å². The number of carbonyl (C=O) groups is 1. The maximum absolute atomic E-state index is 11.8. The summed E-state index contributed by atoms with van der Waals surface area (Å²) in [5.74, 6) is 5.58. The van der Waals surface area contributed by atoms with Crippen molar-refractivity contribution in [3.63, 3.8) is 0 Å². The monoisotopic (exact) mass is 254 g/mol. The van der Waals surface area contributed by atoms with Gasteiger partial charge in [-0.1, -0.05) is 11.8 Å². The van der Waals surface area contributed by atoms with E-state index in [1.807, 2.05) is 25.1 Å². The Labute approximate surface area is 111 Å². The van der Waals surface area contributed by atoms with E-state index in [0.717, 1.165) is 16.8 Å². The lowest BCUT2D eigenvalue weighted by Gasteiger charge is -2.06. The van der Waals surface area contributed by atoms with E-state index in [-0.39, 0.29) is 5.91 Å². The van der Waals surface area contributed by atoms with Crippen molar-refractivity contribution in [2.75, 3.05) is 11.9 Å². The fourth-order valence-electron chi connectivity index (χ4n) is 1.62. The summed E-state index contributed by atoms with van der Waals surface area (Å²) in [7, 11) is 0. The van der Waals surface area contributed by atoms with E-state index < -0.39 is 0 Å². The van der Waals surface area contributed by atoms with Crippen molar-refractivity contribution in [2.24, 2.45) is 5.73 Å². The standard InChI is InChI=1S/C15H14N2O2/c1-11-9-14(5-4-12(11)3-2-7-16)17-15(18)13-6-8-19-10-13/h4-6,8-10H,7,16H2,1H3,(H,17,18). The van der Waals surface area contributed by atoms with Gasteiger partial charge in [-0.15, -0.1) is 0 Å². The molecule has 0 aliphatic carbocycles. The number of aryl methyl sites for hydroxylation is 1. The van der Waals surface area contributed by atoms with Crippen LogP contribution in [0.5, 0.6) is 0 Å². The van der Waals surface area contributed by atoms with Crippen LogP contribution in [0.4, 0.5) is 5.69 Å². The first kappa shape index (κ1) is 12.9. The van der Waals surface area contributed by atoms with E-state index in [1.165, 1.54) is 12.5 Å². The van der Waals surface area contributed by atoms with E-state index in [4.69, 9.17) is 10.2 Å². The maximum Gasteiger partial charge on any atom is 0.258 e. The number of nitrogens with two attached hydrogens (primary N) is 1. The van der Waals surface area contributed by atoms with Gasteiger partial charge in [0.1, 0.15) is 6.26 Å². The topological polar surface area (TPSA) is 68.3 Å². The Morgan fingerprint density at radius 2 is 2.26 bits per heavy atom. The van der Waals surface area contributed by atoms with Crippen LogP contribution in [0.1, 0.15) is 21.5 Å². The second kappa shape index (κ2) is 5.89. The normalized spacial score (nSPS) is 9.58. The molecule has 0 unspecified atom stereocenters. The summed E-state index contributed by atoms with van der Waals surface area (Å²) in [4.78, 5) is 11.8. The van der Waals surface area contributed by atoms with Crippen molar-refractivity contribution in [1.82, 2.24) is 0 Å². The molecule has 1 heterocycles. The van der Waals surface area contributed by atoms with Crippen LogP contribution in [0.15, 0.2) is 41.2 Å². The number of hydrogen-bond acceptors (Lipinski definition) is 3. The molecule has 0 atom stereocenters. The molecule has 3 N–H and O–H groups in total. The van der Waals surface area contributed by atoms with Crippen LogP contribution in [0.3, 0.4) is 0 Å². The lowest BCUT2D eigenvalue weighted by molar-refractivity contribution is 0.102. The maximum atomic E-state index is 11.8. The van der Waals surface area contributed by atoms with E-state index >= 15 is 0 Å². The highest BCUT2D eigenvalue weighted by atomic mass is 16.3. The fraction of sp³-hybridized carbons (Fsp3) is 0.133. The second-order valence-corrected chi connectivity index (χ2v) is 4.00. The number of rotatable bonds is 2. The summed E-state index contributed by atoms with van der Waals surface area (Å²) < 4.78 is 4.87. The highest BCUT2D eigenvalue weighted by Gasteiger charge is 2.07. The van der Waals surface area contributed by atoms with Crippen LogP contribution < -0.4 is 11.1 Å². The zero-order valence-electron chi connectivity index (χ0n) is 10.6.